The van der Waals surface area contributed by atoms with E-state index >= 15 is 0 Å². The molecule has 0 aliphatic rings. The van der Waals surface area contributed by atoms with Crippen LogP contribution in [0.2, 0.25) is 0 Å². The smallest absolute Gasteiger partial charge is 0.277 e. The maximum Gasteiger partial charge on any atom is 0.277 e. The summed E-state index contributed by atoms with van der Waals surface area (Å²) < 4.78 is -2.03. The summed E-state index contributed by atoms with van der Waals surface area (Å²) in [6, 6.07) is 2.06. The van der Waals surface area contributed by atoms with E-state index in [9.17, 15) is 4.79 Å². The quantitative estimate of drug-likeness (QED) is 0.845. The number of halogens is 3. The number of nitrogens with zero attached hydrogens (tertiary/aromatic N) is 1. The Balaban J connectivity index is 3.09. The lowest BCUT2D eigenvalue weighted by Gasteiger charge is -2.10. The van der Waals surface area contributed by atoms with Crippen LogP contribution in [0.25, 0.3) is 0 Å². The highest BCUT2D eigenvalue weighted by Gasteiger charge is 2.32. The number of aryl methyl sites for hydroxylation is 1. The van der Waals surface area contributed by atoms with Crippen LogP contribution in [0.5, 0.6) is 0 Å². The van der Waals surface area contributed by atoms with Crippen molar-refractivity contribution in [2.24, 2.45) is 0 Å². The van der Waals surface area contributed by atoms with Crippen molar-refractivity contribution in [3.05, 3.63) is 16.0 Å². The van der Waals surface area contributed by atoms with Crippen molar-refractivity contribution in [3.63, 3.8) is 0 Å². The average molecular weight is 312 g/mol. The van der Waals surface area contributed by atoms with Gasteiger partial charge in [-0.25, -0.2) is 0 Å². The van der Waals surface area contributed by atoms with Crippen LogP contribution < -0.4 is 5.32 Å². The molecule has 1 N–H and O–H groups in total. The second-order valence-electron chi connectivity index (χ2n) is 3.26. The third-order valence-electron chi connectivity index (χ3n) is 2.16. The molecule has 0 saturated carbocycles. The third kappa shape index (κ3) is 3.26. The number of hydrogen-bond acceptors (Lipinski definition) is 3. The number of alkyl halides is 3. The molecule has 1 amide bonds. The first-order chi connectivity index (χ1) is 7.81. The fourth-order valence-electron chi connectivity index (χ4n) is 1.38. The van der Waals surface area contributed by atoms with Crippen LogP contribution in [0.15, 0.2) is 0 Å². The monoisotopic (exact) mass is 310 g/mol. The molecule has 0 spiro atoms. The Morgan fingerprint density at radius 2 is 2.12 bits per heavy atom. The molecule has 0 unspecified atom stereocenters. The third-order valence-corrected chi connectivity index (χ3v) is 3.74. The molecule has 1 heterocycles. The van der Waals surface area contributed by atoms with Gasteiger partial charge in [0.25, 0.3) is 9.70 Å². The number of carbonyl (C=O) groups is 1. The topological polar surface area (TPSA) is 52.9 Å². The highest BCUT2D eigenvalue weighted by molar-refractivity contribution is 7.16. The van der Waals surface area contributed by atoms with Crippen molar-refractivity contribution < 1.29 is 4.79 Å². The van der Waals surface area contributed by atoms with Gasteiger partial charge in [0.15, 0.2) is 0 Å². The molecular formula is C10H9Cl3N2OS. The molecule has 0 atom stereocenters. The van der Waals surface area contributed by atoms with Crippen molar-refractivity contribution in [3.8, 4) is 6.07 Å². The SMILES string of the molecule is CCc1c(C)sc(NC(=O)C(Cl)(Cl)Cl)c1C#N. The standard InChI is InChI=1S/C10H9Cl3N2OS/c1-3-6-5(2)17-8(7(6)4-14)15-9(16)10(11,12)13/h3H2,1-2H3,(H,15,16). The van der Waals surface area contributed by atoms with Gasteiger partial charge in [-0.15, -0.1) is 11.3 Å². The van der Waals surface area contributed by atoms with Gasteiger partial charge in [0, 0.05) is 4.88 Å². The first-order valence-corrected chi connectivity index (χ1v) is 6.66. The first-order valence-electron chi connectivity index (χ1n) is 4.71. The number of amides is 1. The zero-order chi connectivity index (χ0) is 13.2. The number of hydrogen-bond donors (Lipinski definition) is 1. The van der Waals surface area contributed by atoms with Gasteiger partial charge in [0.05, 0.1) is 5.56 Å². The van der Waals surface area contributed by atoms with Crippen molar-refractivity contribution >= 4 is 57.0 Å². The van der Waals surface area contributed by atoms with E-state index in [0.717, 1.165) is 16.9 Å². The van der Waals surface area contributed by atoms with Crippen LogP contribution in [0, 0.1) is 18.3 Å². The number of carbonyl (C=O) groups excluding carboxylic acids is 1. The van der Waals surface area contributed by atoms with Gasteiger partial charge in [-0.1, -0.05) is 41.7 Å². The van der Waals surface area contributed by atoms with Crippen LogP contribution in [-0.2, 0) is 11.2 Å². The molecule has 0 aliphatic heterocycles. The molecule has 0 bridgehead atoms. The highest BCUT2D eigenvalue weighted by atomic mass is 35.6. The molecule has 17 heavy (non-hydrogen) atoms. The Bertz CT molecular complexity index is 485. The minimum absolute atomic E-state index is 0.429. The molecule has 1 rings (SSSR count). The first kappa shape index (κ1) is 14.6. The number of nitriles is 1. The van der Waals surface area contributed by atoms with Crippen molar-refractivity contribution in [2.45, 2.75) is 24.1 Å². The summed E-state index contributed by atoms with van der Waals surface area (Å²) in [7, 11) is 0. The zero-order valence-electron chi connectivity index (χ0n) is 9.10. The van der Waals surface area contributed by atoms with Crippen molar-refractivity contribution in [2.75, 3.05) is 5.32 Å². The van der Waals surface area contributed by atoms with Crippen LogP contribution in [0.1, 0.15) is 22.9 Å². The molecule has 0 aliphatic carbocycles. The van der Waals surface area contributed by atoms with Gasteiger partial charge in [0.2, 0.25) is 0 Å². The van der Waals surface area contributed by atoms with Gasteiger partial charge in [-0.05, 0) is 18.9 Å². The number of nitrogens with one attached hydrogen (secondary N) is 1. The molecule has 3 nitrogen and oxygen atoms in total. The largest absolute Gasteiger partial charge is 0.313 e. The Morgan fingerprint density at radius 3 is 2.53 bits per heavy atom. The van der Waals surface area contributed by atoms with Gasteiger partial charge >= 0.3 is 0 Å². The molecule has 1 aromatic rings. The Hall–Kier alpha value is -0.470. The summed E-state index contributed by atoms with van der Waals surface area (Å²) in [5.74, 6) is -0.761. The molecule has 1 aromatic heterocycles. The van der Waals surface area contributed by atoms with E-state index in [1.807, 2.05) is 13.8 Å². The summed E-state index contributed by atoms with van der Waals surface area (Å²) >= 11 is 17.7. The van der Waals surface area contributed by atoms with Crippen molar-refractivity contribution in [1.29, 1.82) is 5.26 Å². The predicted octanol–water partition coefficient (Wildman–Crippen LogP) is 3.80. The van der Waals surface area contributed by atoms with Gasteiger partial charge in [-0.2, -0.15) is 5.26 Å². The van der Waals surface area contributed by atoms with Crippen LogP contribution >= 0.6 is 46.1 Å². The Labute approximate surface area is 118 Å². The van der Waals surface area contributed by atoms with Crippen LogP contribution in [0.4, 0.5) is 5.00 Å². The van der Waals surface area contributed by atoms with E-state index in [0.29, 0.717) is 10.6 Å². The Kier molecular flexibility index (Phi) is 4.68. The molecule has 0 saturated heterocycles. The van der Waals surface area contributed by atoms with E-state index < -0.39 is 9.70 Å². The Morgan fingerprint density at radius 1 is 1.53 bits per heavy atom. The molecular weight excluding hydrogens is 303 g/mol. The second-order valence-corrected chi connectivity index (χ2v) is 6.76. The average Bonchev–Trinajstić information content (AvgIpc) is 2.52. The van der Waals surface area contributed by atoms with E-state index in [1.165, 1.54) is 11.3 Å². The summed E-state index contributed by atoms with van der Waals surface area (Å²) in [4.78, 5) is 12.5. The maximum absolute atomic E-state index is 11.5. The maximum atomic E-state index is 11.5. The summed E-state index contributed by atoms with van der Waals surface area (Å²) in [5, 5.41) is 12.0. The minimum Gasteiger partial charge on any atom is -0.313 e. The number of anilines is 1. The van der Waals surface area contributed by atoms with E-state index in [1.54, 1.807) is 0 Å². The van der Waals surface area contributed by atoms with E-state index in [-0.39, 0.29) is 0 Å². The van der Waals surface area contributed by atoms with E-state index in [4.69, 9.17) is 40.1 Å². The predicted molar refractivity (Wildman–Crippen MR) is 72.1 cm³/mol. The lowest BCUT2D eigenvalue weighted by molar-refractivity contribution is -0.115. The molecule has 0 fully saturated rings. The fourth-order valence-corrected chi connectivity index (χ4v) is 2.62. The fraction of sp³-hybridized carbons (Fsp3) is 0.400. The van der Waals surface area contributed by atoms with Gasteiger partial charge < -0.3 is 5.32 Å². The number of rotatable bonds is 2. The van der Waals surface area contributed by atoms with Crippen molar-refractivity contribution in [1.82, 2.24) is 0 Å². The summed E-state index contributed by atoms with van der Waals surface area (Å²) in [5.41, 5.74) is 1.36. The lowest BCUT2D eigenvalue weighted by Crippen LogP contribution is -2.26. The normalized spacial score (nSPS) is 11.1. The highest BCUT2D eigenvalue weighted by Crippen LogP contribution is 2.35. The summed E-state index contributed by atoms with van der Waals surface area (Å²) in [6.07, 6.45) is 0.717. The molecule has 92 valence electrons. The zero-order valence-corrected chi connectivity index (χ0v) is 12.2. The lowest BCUT2D eigenvalue weighted by atomic mass is 10.1. The van der Waals surface area contributed by atoms with Gasteiger partial charge in [0.1, 0.15) is 11.1 Å². The molecule has 7 heteroatoms. The second kappa shape index (κ2) is 5.45. The van der Waals surface area contributed by atoms with Gasteiger partial charge in [-0.3, -0.25) is 4.79 Å². The summed E-state index contributed by atoms with van der Waals surface area (Å²) in [6.45, 7) is 3.83. The minimum atomic E-state index is -2.03. The van der Waals surface area contributed by atoms with Crippen LogP contribution in [0.3, 0.4) is 0 Å². The molecule has 0 radical (unpaired) electrons. The number of thiophene rings is 1. The van der Waals surface area contributed by atoms with E-state index in [2.05, 4.69) is 11.4 Å². The van der Waals surface area contributed by atoms with Crippen LogP contribution in [-0.4, -0.2) is 9.70 Å². The molecule has 0 aromatic carbocycles.